The number of benzene rings is 2. The number of aliphatic imine (C=N–C) groups is 2. The van der Waals surface area contributed by atoms with Gasteiger partial charge >= 0.3 is 0 Å². The minimum Gasteiger partial charge on any atom is -0.508 e. The normalized spacial score (nSPS) is 21.1. The van der Waals surface area contributed by atoms with Crippen LogP contribution in [0.2, 0.25) is 0 Å². The molecule has 2 aromatic carbocycles. The third-order valence-corrected chi connectivity index (χ3v) is 15.0. The summed E-state index contributed by atoms with van der Waals surface area (Å²) in [5.41, 5.74) is 34.3. The first kappa shape index (κ1) is 58.9. The van der Waals surface area contributed by atoms with Gasteiger partial charge in [0, 0.05) is 31.3 Å². The van der Waals surface area contributed by atoms with Gasteiger partial charge in [-0.15, -0.1) is 0 Å². The zero-order valence-corrected chi connectivity index (χ0v) is 43.6. The van der Waals surface area contributed by atoms with Crippen molar-refractivity contribution in [1.82, 2.24) is 31.9 Å². The van der Waals surface area contributed by atoms with Crippen molar-refractivity contribution in [3.05, 3.63) is 65.7 Å². The molecule has 4 aliphatic rings. The number of hydrogen-bond acceptors (Lipinski definition) is 11. The number of guanidine groups is 2. The number of nitrogens with two attached hydrogens (primary N) is 6. The van der Waals surface area contributed by atoms with Crippen LogP contribution < -0.4 is 66.3 Å². The van der Waals surface area contributed by atoms with E-state index in [0.29, 0.717) is 61.1 Å². The summed E-state index contributed by atoms with van der Waals surface area (Å²) in [6.45, 7) is 4.26. The summed E-state index contributed by atoms with van der Waals surface area (Å²) in [7, 11) is 0. The van der Waals surface area contributed by atoms with Gasteiger partial charge in [-0.2, -0.15) is 0 Å². The standard InChI is InChI=1S/C53H82N14O8/c1-3-31(2)43(49(74)62-38(44(55)69)13-7-8-20-54)67-46(71)39(14-9-21-60-51(56)57)63-47(72)42(27-33-16-18-37(68)19-17-33)65-48(73)41(26-32-11-5-4-6-12-32)64-45(70)40(15-10-22-61-52(58)59)66-50(75)53-28-34-23-35(29-53)25-36(24-34)30-53/h4-6,11-12,16-19,31,34-36,38-43,68H,3,7-10,13-15,20-30,54H2,1-2H3,(H2,55,69)(H,62,74)(H,63,72)(H,64,70)(H,65,73)(H,66,75)(H,67,71)(H4,56,57,60)(H4,58,59,61). The first-order valence-electron chi connectivity index (χ1n) is 26.5. The summed E-state index contributed by atoms with van der Waals surface area (Å²) in [6.07, 6.45) is 8.07. The molecule has 7 amide bonds. The smallest absolute Gasteiger partial charge is 0.243 e. The first-order chi connectivity index (χ1) is 35.8. The Labute approximate surface area is 439 Å². The predicted octanol–water partition coefficient (Wildman–Crippen LogP) is 0.0702. The van der Waals surface area contributed by atoms with E-state index in [4.69, 9.17) is 34.4 Å². The van der Waals surface area contributed by atoms with E-state index in [2.05, 4.69) is 41.9 Å². The van der Waals surface area contributed by atoms with E-state index >= 15 is 0 Å². The van der Waals surface area contributed by atoms with Crippen molar-refractivity contribution < 1.29 is 38.7 Å². The molecule has 22 nitrogen and oxygen atoms in total. The van der Waals surface area contributed by atoms with E-state index in [-0.39, 0.29) is 75.2 Å². The highest BCUT2D eigenvalue weighted by Crippen LogP contribution is 2.60. The summed E-state index contributed by atoms with van der Waals surface area (Å²) >= 11 is 0. The molecule has 19 N–H and O–H groups in total. The molecule has 7 unspecified atom stereocenters. The maximum Gasteiger partial charge on any atom is 0.243 e. The molecule has 0 aliphatic heterocycles. The van der Waals surface area contributed by atoms with Gasteiger partial charge in [0.1, 0.15) is 42.0 Å². The molecule has 4 aliphatic carbocycles. The van der Waals surface area contributed by atoms with Crippen LogP contribution in [0.4, 0.5) is 0 Å². The molecular formula is C53H82N14O8. The maximum atomic E-state index is 14.8. The van der Waals surface area contributed by atoms with Crippen LogP contribution >= 0.6 is 0 Å². The van der Waals surface area contributed by atoms with E-state index in [0.717, 1.165) is 38.5 Å². The Kier molecular flexibility index (Phi) is 22.5. The Morgan fingerprint density at radius 2 is 1.01 bits per heavy atom. The van der Waals surface area contributed by atoms with E-state index in [1.165, 1.54) is 12.1 Å². The van der Waals surface area contributed by atoms with Gasteiger partial charge in [0.2, 0.25) is 41.4 Å². The van der Waals surface area contributed by atoms with Gasteiger partial charge in [0.05, 0.1) is 0 Å². The Bertz CT molecular complexity index is 2270. The quantitative estimate of drug-likeness (QED) is 0.0271. The fraction of sp³-hybridized carbons (Fsp3) is 0.604. The molecule has 0 aromatic heterocycles. The van der Waals surface area contributed by atoms with Gasteiger partial charge in [-0.3, -0.25) is 43.5 Å². The molecule has 4 fully saturated rings. The van der Waals surface area contributed by atoms with E-state index in [9.17, 15) is 38.7 Å². The lowest BCUT2D eigenvalue weighted by molar-refractivity contribution is -0.148. The molecule has 2 aromatic rings. The predicted molar refractivity (Wildman–Crippen MR) is 286 cm³/mol. The number of primary amides is 1. The molecule has 0 spiro atoms. The highest BCUT2D eigenvalue weighted by atomic mass is 16.3. The summed E-state index contributed by atoms with van der Waals surface area (Å²) in [5, 5.41) is 27.2. The summed E-state index contributed by atoms with van der Waals surface area (Å²) in [5.74, 6) is -3.77. The second-order valence-electron chi connectivity index (χ2n) is 21.0. The number of nitrogens with one attached hydrogen (secondary N) is 6. The van der Waals surface area contributed by atoms with Gasteiger partial charge in [-0.05, 0) is 137 Å². The average Bonchev–Trinajstić information content (AvgIpc) is 3.36. The first-order valence-corrected chi connectivity index (χ1v) is 26.5. The Hall–Kier alpha value is -6.97. The highest BCUT2D eigenvalue weighted by molar-refractivity contribution is 5.97. The Morgan fingerprint density at radius 3 is 1.49 bits per heavy atom. The zero-order valence-electron chi connectivity index (χ0n) is 43.6. The number of nitrogens with zero attached hydrogens (tertiary/aromatic N) is 2. The molecule has 7 atom stereocenters. The van der Waals surface area contributed by atoms with Crippen LogP contribution in [0, 0.1) is 29.1 Å². The molecule has 0 saturated heterocycles. The van der Waals surface area contributed by atoms with Crippen molar-refractivity contribution in [1.29, 1.82) is 0 Å². The number of amides is 7. The summed E-state index contributed by atoms with van der Waals surface area (Å²) in [4.78, 5) is 107. The van der Waals surface area contributed by atoms with Crippen LogP contribution in [0.3, 0.4) is 0 Å². The molecule has 6 rings (SSSR count). The number of hydrogen-bond donors (Lipinski definition) is 13. The molecule has 22 heteroatoms. The number of unbranched alkanes of at least 4 members (excludes halogenated alkanes) is 1. The SMILES string of the molecule is CCC(C)C(NC(=O)C(CCCN=C(N)N)NC(=O)C(Cc1ccc(O)cc1)NC(=O)C(Cc1ccccc1)NC(=O)C(CCCN=C(N)N)NC(=O)C12CC3CC(CC(C3)C1)C2)C(=O)NC(CCCCN)C(N)=O. The molecule has 0 heterocycles. The van der Waals surface area contributed by atoms with Gasteiger partial charge in [-0.1, -0.05) is 62.7 Å². The van der Waals surface area contributed by atoms with Crippen LogP contribution in [0.5, 0.6) is 5.75 Å². The summed E-state index contributed by atoms with van der Waals surface area (Å²) < 4.78 is 0. The van der Waals surface area contributed by atoms with Crippen molar-refractivity contribution in [3.63, 3.8) is 0 Å². The number of phenolic OH excluding ortho intramolecular Hbond substituents is 1. The Balaban J connectivity index is 1.42. The number of carbonyl (C=O) groups is 7. The van der Waals surface area contributed by atoms with Gasteiger partial charge < -0.3 is 71.4 Å². The second-order valence-corrected chi connectivity index (χ2v) is 21.0. The molecule has 4 saturated carbocycles. The largest absolute Gasteiger partial charge is 0.508 e. The van der Waals surface area contributed by atoms with Crippen molar-refractivity contribution in [2.45, 2.75) is 153 Å². The minimum atomic E-state index is -1.38. The van der Waals surface area contributed by atoms with Gasteiger partial charge in [0.25, 0.3) is 0 Å². The number of rotatable bonds is 31. The lowest BCUT2D eigenvalue weighted by Gasteiger charge is -2.55. The van der Waals surface area contributed by atoms with E-state index in [1.807, 2.05) is 13.0 Å². The second kappa shape index (κ2) is 28.6. The minimum absolute atomic E-state index is 0.00583. The van der Waals surface area contributed by atoms with Crippen molar-refractivity contribution >= 4 is 53.3 Å². The van der Waals surface area contributed by atoms with Crippen LogP contribution in [0.1, 0.15) is 115 Å². The number of phenols is 1. The number of aromatic hydroxyl groups is 1. The third-order valence-electron chi connectivity index (χ3n) is 15.0. The van der Waals surface area contributed by atoms with Crippen LogP contribution in [0.15, 0.2) is 64.6 Å². The molecule has 412 valence electrons. The van der Waals surface area contributed by atoms with Crippen molar-refractivity contribution in [2.75, 3.05) is 19.6 Å². The molecular weight excluding hydrogens is 961 g/mol. The lowest BCUT2D eigenvalue weighted by atomic mass is 9.49. The topological polar surface area (TPSA) is 393 Å². The Morgan fingerprint density at radius 1 is 0.573 bits per heavy atom. The van der Waals surface area contributed by atoms with Crippen LogP contribution in [0.25, 0.3) is 0 Å². The lowest BCUT2D eigenvalue weighted by Crippen LogP contribution is -2.61. The monoisotopic (exact) mass is 1040 g/mol. The molecule has 75 heavy (non-hydrogen) atoms. The van der Waals surface area contributed by atoms with Crippen molar-refractivity contribution in [2.24, 2.45) is 73.5 Å². The van der Waals surface area contributed by atoms with Gasteiger partial charge in [-0.25, -0.2) is 0 Å². The fourth-order valence-electron chi connectivity index (χ4n) is 11.2. The molecule has 0 radical (unpaired) electrons. The van der Waals surface area contributed by atoms with Gasteiger partial charge in [0.15, 0.2) is 11.9 Å². The maximum absolute atomic E-state index is 14.8. The van der Waals surface area contributed by atoms with E-state index in [1.54, 1.807) is 43.3 Å². The van der Waals surface area contributed by atoms with E-state index < -0.39 is 83.0 Å². The third kappa shape index (κ3) is 18.1. The number of carbonyl (C=O) groups excluding carboxylic acids is 7. The summed E-state index contributed by atoms with van der Waals surface area (Å²) in [6, 6.07) is 7.80. The molecule has 4 bridgehead atoms. The zero-order chi connectivity index (χ0) is 54.7. The van der Waals surface area contributed by atoms with Crippen molar-refractivity contribution in [3.8, 4) is 5.75 Å². The average molecular weight is 1040 g/mol. The van der Waals surface area contributed by atoms with Crippen LogP contribution in [-0.2, 0) is 46.4 Å². The fourth-order valence-corrected chi connectivity index (χ4v) is 11.2. The highest BCUT2D eigenvalue weighted by Gasteiger charge is 2.55. The van der Waals surface area contributed by atoms with Crippen LogP contribution in [-0.4, -0.2) is 114 Å².